The number of carbonyl (C=O) groups is 2. The highest BCUT2D eigenvalue weighted by atomic mass is 16.7. The minimum absolute atomic E-state index is 0.0307. The SMILES string of the molecule is COC(=O)c1cc(Oc2ccc(C(=O)OC)cc2[N+](=O)[O-])c2c(c1)OC(c1ccccc1)(c1ccccc1)O2. The largest absolute Gasteiger partial charge is 0.465 e. The molecule has 0 aromatic heterocycles. The summed E-state index contributed by atoms with van der Waals surface area (Å²) in [6.07, 6.45) is 0. The molecule has 4 aromatic carbocycles. The zero-order valence-electron chi connectivity index (χ0n) is 20.8. The maximum atomic E-state index is 12.5. The number of benzene rings is 4. The smallest absolute Gasteiger partial charge is 0.338 e. The predicted octanol–water partition coefficient (Wildman–Crippen LogP) is 5.63. The number of hydrogen-bond donors (Lipinski definition) is 0. The van der Waals surface area contributed by atoms with E-state index in [2.05, 4.69) is 4.74 Å². The zero-order chi connectivity index (χ0) is 27.6. The summed E-state index contributed by atoms with van der Waals surface area (Å²) in [7, 11) is 2.39. The number of methoxy groups -OCH3 is 2. The normalized spacial score (nSPS) is 12.9. The van der Waals surface area contributed by atoms with Crippen molar-refractivity contribution in [1.29, 1.82) is 0 Å². The molecule has 0 saturated heterocycles. The Morgan fingerprint density at radius 3 is 1.90 bits per heavy atom. The van der Waals surface area contributed by atoms with E-state index in [9.17, 15) is 19.7 Å². The molecule has 0 N–H and O–H groups in total. The van der Waals surface area contributed by atoms with Crippen molar-refractivity contribution in [2.45, 2.75) is 5.79 Å². The molecule has 10 nitrogen and oxygen atoms in total. The van der Waals surface area contributed by atoms with E-state index in [1.807, 2.05) is 60.7 Å². The third-order valence-electron chi connectivity index (χ3n) is 6.05. The predicted molar refractivity (Wildman–Crippen MR) is 137 cm³/mol. The first-order valence-electron chi connectivity index (χ1n) is 11.7. The molecule has 0 aliphatic carbocycles. The minimum atomic E-state index is -1.45. The molecule has 0 unspecified atom stereocenters. The summed E-state index contributed by atoms with van der Waals surface area (Å²) in [5.41, 5.74) is 0.863. The second-order valence-corrected chi connectivity index (χ2v) is 8.38. The fourth-order valence-electron chi connectivity index (χ4n) is 4.21. The lowest BCUT2D eigenvalue weighted by atomic mass is 9.97. The first-order chi connectivity index (χ1) is 18.9. The third kappa shape index (κ3) is 4.59. The fourth-order valence-corrected chi connectivity index (χ4v) is 4.21. The van der Waals surface area contributed by atoms with Gasteiger partial charge in [0.15, 0.2) is 11.5 Å². The Morgan fingerprint density at radius 1 is 0.744 bits per heavy atom. The first kappa shape index (κ1) is 25.3. The molecule has 196 valence electrons. The molecule has 4 aromatic rings. The van der Waals surface area contributed by atoms with Crippen LogP contribution in [0.5, 0.6) is 23.0 Å². The number of fused-ring (bicyclic) bond motifs is 1. The van der Waals surface area contributed by atoms with Gasteiger partial charge < -0.3 is 23.7 Å². The van der Waals surface area contributed by atoms with E-state index in [0.717, 1.165) is 6.07 Å². The number of nitro groups is 1. The molecule has 0 saturated carbocycles. The van der Waals surface area contributed by atoms with Crippen molar-refractivity contribution in [3.63, 3.8) is 0 Å². The summed E-state index contributed by atoms with van der Waals surface area (Å²) < 4.78 is 28.4. The van der Waals surface area contributed by atoms with Gasteiger partial charge in [-0.25, -0.2) is 9.59 Å². The first-order valence-corrected chi connectivity index (χ1v) is 11.7. The van der Waals surface area contributed by atoms with Crippen LogP contribution in [-0.2, 0) is 15.3 Å². The molecule has 39 heavy (non-hydrogen) atoms. The highest BCUT2D eigenvalue weighted by Crippen LogP contribution is 2.53. The summed E-state index contributed by atoms with van der Waals surface area (Å²) in [5.74, 6) is -2.83. The molecule has 0 amide bonds. The number of nitrogens with zero attached hydrogens (tertiary/aromatic N) is 1. The quantitative estimate of drug-likeness (QED) is 0.171. The Bertz CT molecular complexity index is 1530. The van der Waals surface area contributed by atoms with Gasteiger partial charge in [-0.15, -0.1) is 0 Å². The van der Waals surface area contributed by atoms with Crippen LogP contribution in [0.1, 0.15) is 31.8 Å². The van der Waals surface area contributed by atoms with Crippen LogP contribution < -0.4 is 14.2 Å². The van der Waals surface area contributed by atoms with Gasteiger partial charge in [0, 0.05) is 17.2 Å². The van der Waals surface area contributed by atoms with E-state index in [1.165, 1.54) is 38.5 Å². The summed E-state index contributed by atoms with van der Waals surface area (Å²) >= 11 is 0. The number of carbonyl (C=O) groups excluding carboxylic acids is 2. The Hall–Kier alpha value is -5.38. The van der Waals surface area contributed by atoms with E-state index in [-0.39, 0.29) is 34.1 Å². The summed E-state index contributed by atoms with van der Waals surface area (Å²) in [6.45, 7) is 0. The van der Waals surface area contributed by atoms with Crippen molar-refractivity contribution in [2.75, 3.05) is 14.2 Å². The molecule has 0 spiro atoms. The van der Waals surface area contributed by atoms with Crippen molar-refractivity contribution in [3.8, 4) is 23.0 Å². The van der Waals surface area contributed by atoms with Crippen LogP contribution in [0.4, 0.5) is 5.69 Å². The van der Waals surface area contributed by atoms with Gasteiger partial charge in [0.05, 0.1) is 30.3 Å². The zero-order valence-corrected chi connectivity index (χ0v) is 20.8. The number of ether oxygens (including phenoxy) is 5. The standard InChI is InChI=1S/C29H21NO9/c1-35-27(31)18-13-14-23(22(15-18)30(33)34)37-24-16-19(28(32)36-2)17-25-26(24)39-29(38-25,20-9-5-3-6-10-20)21-11-7-4-8-12-21/h3-17H,1-2H3. The topological polar surface area (TPSA) is 123 Å². The van der Waals surface area contributed by atoms with Gasteiger partial charge in [-0.2, -0.15) is 0 Å². The van der Waals surface area contributed by atoms with Gasteiger partial charge in [0.25, 0.3) is 0 Å². The fraction of sp³-hybridized carbons (Fsp3) is 0.103. The molecular formula is C29H21NO9. The lowest BCUT2D eigenvalue weighted by Crippen LogP contribution is -2.36. The number of nitro benzene ring substituents is 1. The molecule has 5 rings (SSSR count). The van der Waals surface area contributed by atoms with Crippen LogP contribution in [0.2, 0.25) is 0 Å². The second kappa shape index (κ2) is 10.2. The number of hydrogen-bond acceptors (Lipinski definition) is 9. The lowest BCUT2D eigenvalue weighted by molar-refractivity contribution is -0.385. The van der Waals surface area contributed by atoms with E-state index in [4.69, 9.17) is 18.9 Å². The monoisotopic (exact) mass is 527 g/mol. The average Bonchev–Trinajstić information content (AvgIpc) is 3.38. The van der Waals surface area contributed by atoms with Gasteiger partial charge in [0.2, 0.25) is 11.5 Å². The Morgan fingerprint density at radius 2 is 1.33 bits per heavy atom. The van der Waals surface area contributed by atoms with Crippen LogP contribution in [0.25, 0.3) is 0 Å². The average molecular weight is 527 g/mol. The van der Waals surface area contributed by atoms with E-state index in [1.54, 1.807) is 0 Å². The number of rotatable bonds is 7. The van der Waals surface area contributed by atoms with Gasteiger partial charge in [0.1, 0.15) is 0 Å². The number of esters is 2. The molecule has 10 heteroatoms. The molecule has 0 radical (unpaired) electrons. The summed E-state index contributed by atoms with van der Waals surface area (Å²) in [5, 5.41) is 11.8. The molecule has 0 fully saturated rings. The minimum Gasteiger partial charge on any atom is -0.465 e. The van der Waals surface area contributed by atoms with Crippen LogP contribution in [-0.4, -0.2) is 31.1 Å². The van der Waals surface area contributed by atoms with Crippen molar-refractivity contribution in [2.24, 2.45) is 0 Å². The highest BCUT2D eigenvalue weighted by Gasteiger charge is 2.47. The van der Waals surface area contributed by atoms with E-state index < -0.39 is 28.3 Å². The van der Waals surface area contributed by atoms with Crippen LogP contribution in [0.3, 0.4) is 0 Å². The molecule has 1 aliphatic heterocycles. The molecular weight excluding hydrogens is 506 g/mol. The van der Waals surface area contributed by atoms with Crippen LogP contribution in [0, 0.1) is 10.1 Å². The Labute approximate surface area is 222 Å². The molecule has 0 atom stereocenters. The van der Waals surface area contributed by atoms with E-state index in [0.29, 0.717) is 11.1 Å². The Kier molecular flexibility index (Phi) is 6.59. The van der Waals surface area contributed by atoms with Crippen LogP contribution >= 0.6 is 0 Å². The van der Waals surface area contributed by atoms with Gasteiger partial charge in [-0.05, 0) is 24.3 Å². The van der Waals surface area contributed by atoms with Crippen LogP contribution in [0.15, 0.2) is 91.0 Å². The van der Waals surface area contributed by atoms with E-state index >= 15 is 0 Å². The van der Waals surface area contributed by atoms with Gasteiger partial charge in [-0.3, -0.25) is 10.1 Å². The maximum Gasteiger partial charge on any atom is 0.338 e. The molecule has 0 bridgehead atoms. The maximum absolute atomic E-state index is 12.5. The van der Waals surface area contributed by atoms with Crippen molar-refractivity contribution >= 4 is 17.6 Å². The summed E-state index contributed by atoms with van der Waals surface area (Å²) in [6, 6.07) is 24.8. The van der Waals surface area contributed by atoms with Crippen molar-refractivity contribution in [1.82, 2.24) is 0 Å². The lowest BCUT2D eigenvalue weighted by Gasteiger charge is -2.28. The third-order valence-corrected chi connectivity index (χ3v) is 6.05. The van der Waals surface area contributed by atoms with Gasteiger partial charge in [-0.1, -0.05) is 60.7 Å². The summed E-state index contributed by atoms with van der Waals surface area (Å²) in [4.78, 5) is 35.6. The van der Waals surface area contributed by atoms with Crippen molar-refractivity contribution < 1.29 is 38.2 Å². The molecule has 1 aliphatic rings. The molecule has 1 heterocycles. The van der Waals surface area contributed by atoms with Gasteiger partial charge >= 0.3 is 23.4 Å². The highest BCUT2D eigenvalue weighted by molar-refractivity contribution is 5.92. The Balaban J connectivity index is 1.66. The second-order valence-electron chi connectivity index (χ2n) is 8.38. The van der Waals surface area contributed by atoms with Crippen molar-refractivity contribution in [3.05, 3.63) is 123 Å².